The number of hydrogen-bond donors (Lipinski definition) is 1. The van der Waals surface area contributed by atoms with E-state index < -0.39 is 10.0 Å². The second-order valence-electron chi connectivity index (χ2n) is 6.52. The van der Waals surface area contributed by atoms with Crippen molar-refractivity contribution in [2.45, 2.75) is 4.90 Å². The van der Waals surface area contributed by atoms with Gasteiger partial charge >= 0.3 is 0 Å². The van der Waals surface area contributed by atoms with E-state index in [2.05, 4.69) is 20.0 Å². The smallest absolute Gasteiger partial charge is 0.242 e. The Labute approximate surface area is 193 Å². The minimum atomic E-state index is -3.85. The van der Waals surface area contributed by atoms with E-state index in [0.29, 0.717) is 17.2 Å². The van der Waals surface area contributed by atoms with E-state index in [9.17, 15) is 8.42 Å². The number of rotatable bonds is 8. The maximum absolute atomic E-state index is 12.5. The molecule has 0 aliphatic heterocycles. The fourth-order valence-electron chi connectivity index (χ4n) is 2.88. The second-order valence-corrected chi connectivity index (χ2v) is 9.10. The fourth-order valence-corrected chi connectivity index (χ4v) is 4.66. The number of methoxy groups -OCH3 is 1. The Morgan fingerprint density at radius 1 is 1.06 bits per heavy atom. The molecular formula is C20H17Cl2N5O4S. The highest BCUT2D eigenvalue weighted by molar-refractivity contribution is 7.89. The van der Waals surface area contributed by atoms with E-state index in [0.717, 1.165) is 5.56 Å². The number of aromatic nitrogens is 4. The van der Waals surface area contributed by atoms with Crippen molar-refractivity contribution < 1.29 is 17.9 Å². The first kappa shape index (κ1) is 22.3. The maximum atomic E-state index is 12.5. The molecule has 4 aromatic rings. The Morgan fingerprint density at radius 2 is 1.91 bits per heavy atom. The largest absolute Gasteiger partial charge is 0.497 e. The Hall–Kier alpha value is -2.92. The predicted molar refractivity (Wildman–Crippen MR) is 120 cm³/mol. The lowest BCUT2D eigenvalue weighted by Crippen LogP contribution is -2.28. The van der Waals surface area contributed by atoms with Gasteiger partial charge in [0.25, 0.3) is 0 Å². The molecular weight excluding hydrogens is 477 g/mol. The van der Waals surface area contributed by atoms with E-state index >= 15 is 0 Å². The first-order valence-corrected chi connectivity index (χ1v) is 11.6. The van der Waals surface area contributed by atoms with Crippen LogP contribution in [0.25, 0.3) is 17.0 Å². The lowest BCUT2D eigenvalue weighted by molar-refractivity contribution is 0.306. The molecule has 12 heteroatoms. The van der Waals surface area contributed by atoms with Crippen LogP contribution in [0.1, 0.15) is 0 Å². The molecule has 0 aliphatic carbocycles. The zero-order valence-electron chi connectivity index (χ0n) is 16.7. The van der Waals surface area contributed by atoms with Crippen molar-refractivity contribution in [2.24, 2.45) is 0 Å². The SMILES string of the molecule is COc1cccc(-c2nnc3ccc(OCCNS(=O)(=O)c4cc(Cl)ccc4Cl)nn23)c1. The highest BCUT2D eigenvalue weighted by atomic mass is 35.5. The van der Waals surface area contributed by atoms with Crippen molar-refractivity contribution in [1.82, 2.24) is 24.5 Å². The van der Waals surface area contributed by atoms with E-state index in [-0.39, 0.29) is 34.0 Å². The van der Waals surface area contributed by atoms with Crippen molar-refractivity contribution in [3.8, 4) is 23.0 Å². The van der Waals surface area contributed by atoms with Crippen LogP contribution in [0.15, 0.2) is 59.5 Å². The van der Waals surface area contributed by atoms with Crippen LogP contribution >= 0.6 is 23.2 Å². The van der Waals surface area contributed by atoms with Crippen molar-refractivity contribution >= 4 is 38.9 Å². The highest BCUT2D eigenvalue weighted by Gasteiger charge is 2.18. The summed E-state index contributed by atoms with van der Waals surface area (Å²) in [6.07, 6.45) is 0. The topological polar surface area (TPSA) is 108 Å². The van der Waals surface area contributed by atoms with Gasteiger partial charge in [-0.1, -0.05) is 35.3 Å². The Kier molecular flexibility index (Phi) is 6.47. The van der Waals surface area contributed by atoms with Gasteiger partial charge < -0.3 is 9.47 Å². The van der Waals surface area contributed by atoms with Gasteiger partial charge in [-0.3, -0.25) is 0 Å². The van der Waals surface area contributed by atoms with Gasteiger partial charge in [0.1, 0.15) is 17.3 Å². The predicted octanol–water partition coefficient (Wildman–Crippen LogP) is 3.46. The summed E-state index contributed by atoms with van der Waals surface area (Å²) in [5, 5.41) is 13.0. The third-order valence-corrected chi connectivity index (χ3v) is 6.57. The Balaban J connectivity index is 1.45. The lowest BCUT2D eigenvalue weighted by Gasteiger charge is -2.10. The minimum absolute atomic E-state index is 0.00415. The quantitative estimate of drug-likeness (QED) is 0.374. The summed E-state index contributed by atoms with van der Waals surface area (Å²) in [6, 6.07) is 14.9. The van der Waals surface area contributed by atoms with Crippen molar-refractivity contribution in [2.75, 3.05) is 20.3 Å². The molecule has 9 nitrogen and oxygen atoms in total. The molecule has 0 aliphatic rings. The average Bonchev–Trinajstić information content (AvgIpc) is 3.21. The van der Waals surface area contributed by atoms with Gasteiger partial charge in [-0.15, -0.1) is 15.3 Å². The van der Waals surface area contributed by atoms with Crippen LogP contribution < -0.4 is 14.2 Å². The molecule has 0 amide bonds. The van der Waals surface area contributed by atoms with Gasteiger partial charge in [-0.25, -0.2) is 13.1 Å². The summed E-state index contributed by atoms with van der Waals surface area (Å²) < 4.78 is 39.7. The van der Waals surface area contributed by atoms with Crippen LogP contribution in [0.5, 0.6) is 11.6 Å². The fraction of sp³-hybridized carbons (Fsp3) is 0.150. The Morgan fingerprint density at radius 3 is 2.72 bits per heavy atom. The van der Waals surface area contributed by atoms with Crippen molar-refractivity contribution in [3.05, 3.63) is 64.6 Å². The van der Waals surface area contributed by atoms with E-state index in [1.807, 2.05) is 24.3 Å². The molecule has 0 spiro atoms. The molecule has 0 radical (unpaired) electrons. The number of halogens is 2. The summed E-state index contributed by atoms with van der Waals surface area (Å²) in [6.45, 7) is 0.0301. The third-order valence-electron chi connectivity index (χ3n) is 4.39. The van der Waals surface area contributed by atoms with Crippen molar-refractivity contribution in [1.29, 1.82) is 0 Å². The molecule has 0 bridgehead atoms. The first-order valence-electron chi connectivity index (χ1n) is 9.32. The summed E-state index contributed by atoms with van der Waals surface area (Å²) in [4.78, 5) is -0.0985. The van der Waals surface area contributed by atoms with Gasteiger partial charge in [0, 0.05) is 23.2 Å². The van der Waals surface area contributed by atoms with E-state index in [1.54, 1.807) is 23.8 Å². The van der Waals surface area contributed by atoms with E-state index in [4.69, 9.17) is 32.7 Å². The number of ether oxygens (including phenoxy) is 2. The van der Waals surface area contributed by atoms with Gasteiger partial charge in [-0.05, 0) is 36.4 Å². The number of nitrogens with zero attached hydrogens (tertiary/aromatic N) is 4. The average molecular weight is 494 g/mol. The molecule has 4 rings (SSSR count). The molecule has 2 aromatic heterocycles. The summed E-state index contributed by atoms with van der Waals surface area (Å²) in [5.74, 6) is 1.47. The number of sulfonamides is 1. The molecule has 2 aromatic carbocycles. The normalized spacial score (nSPS) is 11.6. The monoisotopic (exact) mass is 493 g/mol. The lowest BCUT2D eigenvalue weighted by atomic mass is 10.2. The maximum Gasteiger partial charge on any atom is 0.242 e. The standard InChI is InChI=1S/C20H17Cl2N5O4S/c1-30-15-4-2-3-13(11-15)20-25-24-18-7-8-19(26-27(18)20)31-10-9-23-32(28,29)17-12-14(21)5-6-16(17)22/h2-8,11-12,23H,9-10H2,1H3. The van der Waals surface area contributed by atoms with Gasteiger partial charge in [0.2, 0.25) is 15.9 Å². The molecule has 0 fully saturated rings. The van der Waals surface area contributed by atoms with Crippen LogP contribution in [0, 0.1) is 0 Å². The molecule has 2 heterocycles. The van der Waals surface area contributed by atoms with Gasteiger partial charge in [0.05, 0.1) is 12.1 Å². The number of benzene rings is 2. The Bertz CT molecular complexity index is 1380. The summed E-state index contributed by atoms with van der Waals surface area (Å²) >= 11 is 11.9. The molecule has 32 heavy (non-hydrogen) atoms. The molecule has 0 unspecified atom stereocenters. The first-order chi connectivity index (χ1) is 15.4. The zero-order chi connectivity index (χ0) is 22.7. The van der Waals surface area contributed by atoms with Crippen LogP contribution in [0.3, 0.4) is 0 Å². The van der Waals surface area contributed by atoms with Crippen LogP contribution in [-0.2, 0) is 10.0 Å². The second kappa shape index (κ2) is 9.29. The minimum Gasteiger partial charge on any atom is -0.497 e. The highest BCUT2D eigenvalue weighted by Crippen LogP contribution is 2.25. The van der Waals surface area contributed by atoms with Gasteiger partial charge in [-0.2, -0.15) is 4.52 Å². The molecule has 166 valence electrons. The molecule has 0 saturated heterocycles. The van der Waals surface area contributed by atoms with Crippen LogP contribution in [-0.4, -0.2) is 48.5 Å². The third kappa shape index (κ3) is 4.78. The summed E-state index contributed by atoms with van der Waals surface area (Å²) in [7, 11) is -2.26. The molecule has 1 N–H and O–H groups in total. The van der Waals surface area contributed by atoms with Crippen LogP contribution in [0.4, 0.5) is 0 Å². The zero-order valence-corrected chi connectivity index (χ0v) is 19.0. The number of fused-ring (bicyclic) bond motifs is 1. The molecule has 0 atom stereocenters. The van der Waals surface area contributed by atoms with Crippen molar-refractivity contribution in [3.63, 3.8) is 0 Å². The number of hydrogen-bond acceptors (Lipinski definition) is 7. The van der Waals surface area contributed by atoms with Gasteiger partial charge in [0.15, 0.2) is 11.5 Å². The molecule has 0 saturated carbocycles. The summed E-state index contributed by atoms with van der Waals surface area (Å²) in [5.41, 5.74) is 1.30. The van der Waals surface area contributed by atoms with E-state index in [1.165, 1.54) is 18.2 Å². The number of nitrogens with one attached hydrogen (secondary N) is 1. The van der Waals surface area contributed by atoms with Crippen LogP contribution in [0.2, 0.25) is 10.0 Å².